The number of fused-ring (bicyclic) bond motifs is 4. The number of nitrogens with zero attached hydrogens (tertiary/aromatic N) is 3. The Bertz CT molecular complexity index is 1390. The SMILES string of the molecule is c1ccc2c(CCCOc3nc(-c4ccncc4)nc4sc5c(c34)CCCC5)csc2c1. The van der Waals surface area contributed by atoms with E-state index >= 15 is 0 Å². The van der Waals surface area contributed by atoms with Crippen LogP contribution in [0.4, 0.5) is 0 Å². The number of benzene rings is 1. The molecule has 0 aliphatic heterocycles. The van der Waals surface area contributed by atoms with E-state index in [9.17, 15) is 0 Å². The van der Waals surface area contributed by atoms with Crippen molar-refractivity contribution in [3.63, 3.8) is 0 Å². The van der Waals surface area contributed by atoms with Crippen molar-refractivity contribution in [1.29, 1.82) is 0 Å². The van der Waals surface area contributed by atoms with Crippen molar-refractivity contribution in [2.24, 2.45) is 0 Å². The zero-order valence-electron chi connectivity index (χ0n) is 17.7. The molecule has 0 unspecified atom stereocenters. The van der Waals surface area contributed by atoms with Crippen molar-refractivity contribution >= 4 is 43.0 Å². The minimum absolute atomic E-state index is 0.649. The zero-order chi connectivity index (χ0) is 21.3. The highest BCUT2D eigenvalue weighted by atomic mass is 32.1. The normalized spacial score (nSPS) is 13.5. The van der Waals surface area contributed by atoms with E-state index in [-0.39, 0.29) is 0 Å². The number of hydrogen-bond donors (Lipinski definition) is 0. The van der Waals surface area contributed by atoms with Crippen molar-refractivity contribution in [2.45, 2.75) is 38.5 Å². The van der Waals surface area contributed by atoms with E-state index in [4.69, 9.17) is 14.7 Å². The molecular formula is C26H23N3OS2. The molecule has 160 valence electrons. The lowest BCUT2D eigenvalue weighted by molar-refractivity contribution is 0.303. The Morgan fingerprint density at radius 3 is 2.78 bits per heavy atom. The first kappa shape index (κ1) is 19.8. The first-order valence-corrected chi connectivity index (χ1v) is 12.9. The van der Waals surface area contributed by atoms with Crippen LogP contribution in [0.1, 0.15) is 35.3 Å². The molecule has 4 nitrogen and oxygen atoms in total. The summed E-state index contributed by atoms with van der Waals surface area (Å²) in [6, 6.07) is 12.5. The van der Waals surface area contributed by atoms with Gasteiger partial charge in [0.25, 0.3) is 0 Å². The molecule has 0 N–H and O–H groups in total. The molecule has 1 aliphatic rings. The summed E-state index contributed by atoms with van der Waals surface area (Å²) in [6.07, 6.45) is 10.3. The van der Waals surface area contributed by atoms with E-state index in [1.807, 2.05) is 34.8 Å². The van der Waals surface area contributed by atoms with Gasteiger partial charge in [0.05, 0.1) is 12.0 Å². The van der Waals surface area contributed by atoms with E-state index < -0.39 is 0 Å². The standard InChI is InChI=1S/C26H23N3OS2/c1-3-9-21-19(7-1)18(16-31-21)6-5-15-30-25-23-20-8-2-4-10-22(20)32-26(23)29-24(28-25)17-11-13-27-14-12-17/h1,3,7,9,11-14,16H,2,4-6,8,10,15H2. The Hall–Kier alpha value is -2.83. The Kier molecular flexibility index (Phi) is 5.33. The monoisotopic (exact) mass is 457 g/mol. The van der Waals surface area contributed by atoms with Crippen LogP contribution in [-0.2, 0) is 19.3 Å². The van der Waals surface area contributed by atoms with Crippen molar-refractivity contribution in [1.82, 2.24) is 15.0 Å². The number of thiophene rings is 2. The summed E-state index contributed by atoms with van der Waals surface area (Å²) >= 11 is 3.64. The molecule has 4 heterocycles. The summed E-state index contributed by atoms with van der Waals surface area (Å²) in [5, 5.41) is 4.79. The molecule has 0 bridgehead atoms. The molecule has 1 aliphatic carbocycles. The van der Waals surface area contributed by atoms with Gasteiger partial charge in [-0.05, 0) is 78.6 Å². The largest absolute Gasteiger partial charge is 0.477 e. The maximum atomic E-state index is 6.36. The van der Waals surface area contributed by atoms with E-state index in [2.05, 4.69) is 34.6 Å². The summed E-state index contributed by atoms with van der Waals surface area (Å²) in [4.78, 5) is 16.4. The Morgan fingerprint density at radius 1 is 0.969 bits per heavy atom. The summed E-state index contributed by atoms with van der Waals surface area (Å²) in [7, 11) is 0. The molecule has 0 radical (unpaired) electrons. The van der Waals surface area contributed by atoms with Gasteiger partial charge in [0.15, 0.2) is 5.82 Å². The number of aryl methyl sites for hydroxylation is 3. The third-order valence-electron chi connectivity index (χ3n) is 6.11. The number of hydrogen-bond acceptors (Lipinski definition) is 6. The zero-order valence-corrected chi connectivity index (χ0v) is 19.3. The quantitative estimate of drug-likeness (QED) is 0.261. The highest BCUT2D eigenvalue weighted by Crippen LogP contribution is 2.40. The van der Waals surface area contributed by atoms with E-state index in [0.29, 0.717) is 6.61 Å². The van der Waals surface area contributed by atoms with E-state index in [0.717, 1.165) is 53.2 Å². The third kappa shape index (κ3) is 3.67. The van der Waals surface area contributed by atoms with Gasteiger partial charge in [-0.15, -0.1) is 22.7 Å². The predicted molar refractivity (Wildman–Crippen MR) is 133 cm³/mol. The first-order chi connectivity index (χ1) is 15.9. The lowest BCUT2D eigenvalue weighted by Crippen LogP contribution is -2.04. The van der Waals surface area contributed by atoms with Crippen molar-refractivity contribution in [3.8, 4) is 17.3 Å². The summed E-state index contributed by atoms with van der Waals surface area (Å²) < 4.78 is 7.71. The van der Waals surface area contributed by atoms with Crippen LogP contribution in [0.3, 0.4) is 0 Å². The number of ether oxygens (including phenoxy) is 1. The molecule has 5 aromatic rings. The van der Waals surface area contributed by atoms with Crippen LogP contribution in [0.15, 0.2) is 54.2 Å². The number of aromatic nitrogens is 3. The lowest BCUT2D eigenvalue weighted by atomic mass is 9.97. The topological polar surface area (TPSA) is 47.9 Å². The summed E-state index contributed by atoms with van der Waals surface area (Å²) in [5.41, 5.74) is 3.80. The second-order valence-corrected chi connectivity index (χ2v) is 10.2. The summed E-state index contributed by atoms with van der Waals surface area (Å²) in [5.74, 6) is 1.47. The average molecular weight is 458 g/mol. The molecule has 1 aromatic carbocycles. The molecule has 0 atom stereocenters. The smallest absolute Gasteiger partial charge is 0.226 e. The predicted octanol–water partition coefficient (Wildman–Crippen LogP) is 6.86. The van der Waals surface area contributed by atoms with E-state index in [1.54, 1.807) is 12.4 Å². The molecule has 0 spiro atoms. The fraction of sp³-hybridized carbons (Fsp3) is 0.269. The Morgan fingerprint density at radius 2 is 1.84 bits per heavy atom. The van der Waals surface area contributed by atoms with Crippen LogP contribution in [0.2, 0.25) is 0 Å². The Labute approximate surface area is 195 Å². The van der Waals surface area contributed by atoms with E-state index in [1.165, 1.54) is 38.9 Å². The van der Waals surface area contributed by atoms with Gasteiger partial charge in [0, 0.05) is 27.5 Å². The van der Waals surface area contributed by atoms with Crippen LogP contribution in [0.5, 0.6) is 5.88 Å². The van der Waals surface area contributed by atoms with Crippen LogP contribution in [0, 0.1) is 0 Å². The molecule has 6 rings (SSSR count). The molecule has 0 fully saturated rings. The second kappa shape index (κ2) is 8.60. The molecule has 0 amide bonds. The second-order valence-electron chi connectivity index (χ2n) is 8.19. The molecule has 32 heavy (non-hydrogen) atoms. The third-order valence-corrected chi connectivity index (χ3v) is 8.31. The van der Waals surface area contributed by atoms with Crippen molar-refractivity contribution in [3.05, 3.63) is 70.2 Å². The minimum Gasteiger partial charge on any atom is -0.477 e. The highest BCUT2D eigenvalue weighted by molar-refractivity contribution is 7.19. The molecular weight excluding hydrogens is 434 g/mol. The Balaban J connectivity index is 1.28. The lowest BCUT2D eigenvalue weighted by Gasteiger charge is -2.13. The fourth-order valence-electron chi connectivity index (χ4n) is 4.52. The fourth-order valence-corrected chi connectivity index (χ4v) is 6.77. The minimum atomic E-state index is 0.649. The van der Waals surface area contributed by atoms with Crippen LogP contribution < -0.4 is 4.74 Å². The van der Waals surface area contributed by atoms with Gasteiger partial charge in [-0.2, -0.15) is 4.98 Å². The van der Waals surface area contributed by atoms with Gasteiger partial charge in [0.2, 0.25) is 5.88 Å². The first-order valence-electron chi connectivity index (χ1n) is 11.2. The highest BCUT2D eigenvalue weighted by Gasteiger charge is 2.22. The van der Waals surface area contributed by atoms with Crippen LogP contribution in [-0.4, -0.2) is 21.6 Å². The number of pyridine rings is 1. The molecule has 4 aromatic heterocycles. The van der Waals surface area contributed by atoms with Crippen LogP contribution in [0.25, 0.3) is 31.7 Å². The van der Waals surface area contributed by atoms with Gasteiger partial charge in [0.1, 0.15) is 4.83 Å². The van der Waals surface area contributed by atoms with Gasteiger partial charge in [-0.25, -0.2) is 4.98 Å². The number of rotatable bonds is 6. The van der Waals surface area contributed by atoms with Gasteiger partial charge < -0.3 is 4.74 Å². The summed E-state index contributed by atoms with van der Waals surface area (Å²) in [6.45, 7) is 0.649. The maximum absolute atomic E-state index is 6.36. The average Bonchev–Trinajstić information content (AvgIpc) is 3.43. The van der Waals surface area contributed by atoms with Gasteiger partial charge in [-0.1, -0.05) is 18.2 Å². The van der Waals surface area contributed by atoms with Gasteiger partial charge >= 0.3 is 0 Å². The van der Waals surface area contributed by atoms with Gasteiger partial charge in [-0.3, -0.25) is 4.98 Å². The molecule has 0 saturated heterocycles. The van der Waals surface area contributed by atoms with Crippen molar-refractivity contribution < 1.29 is 4.74 Å². The van der Waals surface area contributed by atoms with Crippen molar-refractivity contribution in [2.75, 3.05) is 6.61 Å². The molecule has 6 heteroatoms. The molecule has 0 saturated carbocycles. The van der Waals surface area contributed by atoms with Crippen LogP contribution >= 0.6 is 22.7 Å². The maximum Gasteiger partial charge on any atom is 0.226 e.